The summed E-state index contributed by atoms with van der Waals surface area (Å²) in [7, 11) is -7.86. The molecule has 0 aliphatic heterocycles. The first-order chi connectivity index (χ1) is 22.9. The Bertz CT molecular complexity index is 1610. The van der Waals surface area contributed by atoms with E-state index in [1.54, 1.807) is 0 Å². The quantitative estimate of drug-likeness (QED) is 0.128. The van der Waals surface area contributed by atoms with Crippen LogP contribution in [0.3, 0.4) is 0 Å². The predicted octanol–water partition coefficient (Wildman–Crippen LogP) is 7.89. The molecule has 0 saturated carbocycles. The van der Waals surface area contributed by atoms with E-state index in [9.17, 15) is 0 Å². The summed E-state index contributed by atoms with van der Waals surface area (Å²) in [5, 5.41) is 0. The van der Waals surface area contributed by atoms with Crippen molar-refractivity contribution in [2.24, 2.45) is 0 Å². The zero-order valence-corrected chi connectivity index (χ0v) is 29.7. The maximum atomic E-state index is 9.08. The van der Waals surface area contributed by atoms with Crippen LogP contribution in [0.15, 0.2) is 211 Å². The second kappa shape index (κ2) is 19.6. The van der Waals surface area contributed by atoms with Gasteiger partial charge in [0.05, 0.1) is 42.0 Å². The molecule has 0 N–H and O–H groups in total. The maximum Gasteiger partial charge on any atom is 0.166 e. The topological polar surface area (TPSA) is 114 Å². The van der Waals surface area contributed by atoms with E-state index in [0.29, 0.717) is 12.5 Å². The Morgan fingerprint density at radius 2 is 0.417 bits per heavy atom. The Hall–Kier alpha value is -4.16. The Morgan fingerprint density at radius 3 is 0.521 bits per heavy atom. The largest absolute Gasteiger partial charge is 0.748 e. The van der Waals surface area contributed by atoms with Gasteiger partial charge in [-0.15, -0.1) is 0 Å². The molecule has 0 fully saturated rings. The zero-order valence-electron chi connectivity index (χ0n) is 26.4. The van der Waals surface area contributed by atoms with E-state index >= 15 is 0 Å². The van der Waals surface area contributed by atoms with Gasteiger partial charge in [0.1, 0.15) is 0 Å². The first-order valence-electron chi connectivity index (χ1n) is 14.5. The van der Waals surface area contributed by atoms with Crippen LogP contribution in [-0.2, 0) is 42.0 Å². The molecular formula is C38H36O6S4. The van der Waals surface area contributed by atoms with Gasteiger partial charge in [0, 0.05) is 12.5 Å². The van der Waals surface area contributed by atoms with Crippen LogP contribution in [0.25, 0.3) is 0 Å². The van der Waals surface area contributed by atoms with Crippen molar-refractivity contribution in [3.8, 4) is 0 Å². The van der Waals surface area contributed by atoms with Crippen molar-refractivity contribution in [2.75, 3.05) is 12.5 Å². The molecule has 0 heterocycles. The van der Waals surface area contributed by atoms with E-state index in [1.165, 1.54) is 29.4 Å². The standard InChI is InChI=1S/2C18H15S.2CH4O3S/c2*1-4-10-16(11-5-1)19(17-12-6-2-7-13-17)18-14-8-3-9-15-18;2*1-5(2,3)4/h2*1-15H;2*1H3,(H,2,3,4)/q2*+1;;/p-2. The van der Waals surface area contributed by atoms with Gasteiger partial charge in [-0.25, -0.2) is 16.8 Å². The molecule has 0 aliphatic carbocycles. The van der Waals surface area contributed by atoms with E-state index in [0.717, 1.165) is 0 Å². The van der Waals surface area contributed by atoms with Crippen molar-refractivity contribution in [3.63, 3.8) is 0 Å². The molecular weight excluding hydrogens is 681 g/mol. The highest BCUT2D eigenvalue weighted by Crippen LogP contribution is 2.31. The monoisotopic (exact) mass is 716 g/mol. The van der Waals surface area contributed by atoms with Crippen LogP contribution in [0.2, 0.25) is 0 Å². The van der Waals surface area contributed by atoms with Gasteiger partial charge in [0.25, 0.3) is 0 Å². The van der Waals surface area contributed by atoms with E-state index in [4.69, 9.17) is 25.9 Å². The normalized spacial score (nSPS) is 10.8. The third-order valence-corrected chi connectivity index (χ3v) is 10.3. The van der Waals surface area contributed by atoms with Crippen molar-refractivity contribution in [1.82, 2.24) is 0 Å². The predicted molar refractivity (Wildman–Crippen MR) is 194 cm³/mol. The summed E-state index contributed by atoms with van der Waals surface area (Å²) < 4.78 is 54.5. The average Bonchev–Trinajstić information content (AvgIpc) is 3.07. The minimum absolute atomic E-state index is 0.0146. The molecule has 6 nitrogen and oxygen atoms in total. The Morgan fingerprint density at radius 1 is 0.312 bits per heavy atom. The Balaban J connectivity index is 0.000000204. The summed E-state index contributed by atoms with van der Waals surface area (Å²) >= 11 is 0. The molecule has 6 aromatic rings. The molecule has 48 heavy (non-hydrogen) atoms. The molecule has 10 heteroatoms. The maximum absolute atomic E-state index is 9.08. The summed E-state index contributed by atoms with van der Waals surface area (Å²) in [5.41, 5.74) is 0. The second-order valence-electron chi connectivity index (χ2n) is 9.90. The van der Waals surface area contributed by atoms with Gasteiger partial charge >= 0.3 is 0 Å². The van der Waals surface area contributed by atoms with Crippen LogP contribution in [0, 0.1) is 0 Å². The van der Waals surface area contributed by atoms with Crippen molar-refractivity contribution < 1.29 is 25.9 Å². The highest BCUT2D eigenvalue weighted by molar-refractivity contribution is 7.97. The second-order valence-corrected chi connectivity index (χ2v) is 16.8. The van der Waals surface area contributed by atoms with Gasteiger partial charge in [-0.2, -0.15) is 0 Å². The SMILES string of the molecule is CS(=O)(=O)[O-].CS(=O)(=O)[O-].c1ccc([S+](c2ccccc2)c2ccccc2)cc1.c1ccc([S+](c2ccccc2)c2ccccc2)cc1. The number of rotatable bonds is 6. The van der Waals surface area contributed by atoms with Crippen LogP contribution in [0.4, 0.5) is 0 Å². The Labute approximate surface area is 290 Å². The van der Waals surface area contributed by atoms with Gasteiger partial charge in [0.15, 0.2) is 29.4 Å². The van der Waals surface area contributed by atoms with Gasteiger partial charge in [-0.05, 0) is 72.8 Å². The molecule has 0 saturated heterocycles. The van der Waals surface area contributed by atoms with Crippen LogP contribution >= 0.6 is 0 Å². The fourth-order valence-electron chi connectivity index (χ4n) is 4.16. The van der Waals surface area contributed by atoms with Crippen molar-refractivity contribution in [2.45, 2.75) is 29.4 Å². The summed E-state index contributed by atoms with van der Waals surface area (Å²) in [6.45, 7) is 0. The minimum Gasteiger partial charge on any atom is -0.748 e. The molecule has 0 bridgehead atoms. The lowest BCUT2D eigenvalue weighted by molar-refractivity contribution is 0.468. The van der Waals surface area contributed by atoms with Crippen LogP contribution in [0.1, 0.15) is 0 Å². The first kappa shape index (κ1) is 38.3. The molecule has 6 rings (SSSR count). The molecule has 0 radical (unpaired) electrons. The van der Waals surface area contributed by atoms with Gasteiger partial charge in [-0.1, -0.05) is 109 Å². The zero-order chi connectivity index (χ0) is 34.8. The molecule has 0 aromatic heterocycles. The number of hydrogen-bond donors (Lipinski definition) is 0. The summed E-state index contributed by atoms with van der Waals surface area (Å²) in [6, 6.07) is 64.3. The summed E-state index contributed by atoms with van der Waals surface area (Å²) in [6.07, 6.45) is 1.21. The van der Waals surface area contributed by atoms with E-state index in [1.807, 2.05) is 0 Å². The Kier molecular flexibility index (Phi) is 15.6. The fraction of sp³-hybridized carbons (Fsp3) is 0.0526. The smallest absolute Gasteiger partial charge is 0.166 e. The average molecular weight is 717 g/mol. The van der Waals surface area contributed by atoms with Crippen LogP contribution in [0.5, 0.6) is 0 Å². The number of benzene rings is 6. The molecule has 248 valence electrons. The van der Waals surface area contributed by atoms with Gasteiger partial charge in [-0.3, -0.25) is 0 Å². The highest BCUT2D eigenvalue weighted by atomic mass is 32.2. The highest BCUT2D eigenvalue weighted by Gasteiger charge is 2.28. The van der Waals surface area contributed by atoms with E-state index in [2.05, 4.69) is 182 Å². The molecule has 6 aromatic carbocycles. The van der Waals surface area contributed by atoms with Crippen LogP contribution in [-0.4, -0.2) is 38.5 Å². The first-order valence-corrected chi connectivity index (χ1v) is 20.6. The fourth-order valence-corrected chi connectivity index (χ4v) is 8.36. The lowest BCUT2D eigenvalue weighted by atomic mass is 10.4. The lowest BCUT2D eigenvalue weighted by Gasteiger charge is -2.07. The van der Waals surface area contributed by atoms with Gasteiger partial charge in [0.2, 0.25) is 0 Å². The van der Waals surface area contributed by atoms with E-state index < -0.39 is 20.2 Å². The molecule has 0 aliphatic rings. The van der Waals surface area contributed by atoms with Crippen molar-refractivity contribution >= 4 is 42.0 Å². The molecule has 0 amide bonds. The lowest BCUT2D eigenvalue weighted by Crippen LogP contribution is -2.04. The number of hydrogen-bond acceptors (Lipinski definition) is 6. The van der Waals surface area contributed by atoms with Crippen molar-refractivity contribution in [1.29, 1.82) is 0 Å². The van der Waals surface area contributed by atoms with Gasteiger partial charge < -0.3 is 9.11 Å². The van der Waals surface area contributed by atoms with Crippen LogP contribution < -0.4 is 0 Å². The summed E-state index contributed by atoms with van der Waals surface area (Å²) in [5.74, 6) is 0. The van der Waals surface area contributed by atoms with E-state index in [-0.39, 0.29) is 21.8 Å². The molecule has 0 spiro atoms. The van der Waals surface area contributed by atoms with Crippen molar-refractivity contribution in [3.05, 3.63) is 182 Å². The third kappa shape index (κ3) is 15.2. The molecule has 0 unspecified atom stereocenters. The molecule has 0 atom stereocenters. The minimum atomic E-state index is -3.92. The third-order valence-electron chi connectivity index (χ3n) is 5.87. The summed E-state index contributed by atoms with van der Waals surface area (Å²) in [4.78, 5) is 8.17.